The summed E-state index contributed by atoms with van der Waals surface area (Å²) in [6, 6.07) is 9.88. The quantitative estimate of drug-likeness (QED) is 0.659. The summed E-state index contributed by atoms with van der Waals surface area (Å²) in [6.45, 7) is 7.20. The Morgan fingerprint density at radius 2 is 1.97 bits per heavy atom. The minimum Gasteiger partial charge on any atom is -0.327 e. The predicted octanol–water partition coefficient (Wildman–Crippen LogP) is 0.447. The van der Waals surface area contributed by atoms with E-state index in [1.165, 1.54) is 10.1 Å². The molecule has 9 nitrogen and oxygen atoms in total. The van der Waals surface area contributed by atoms with Gasteiger partial charge in [-0.25, -0.2) is 9.59 Å². The van der Waals surface area contributed by atoms with Crippen LogP contribution in [0.15, 0.2) is 41.3 Å². The molecule has 1 saturated carbocycles. The number of anilines is 1. The van der Waals surface area contributed by atoms with Crippen LogP contribution < -0.4 is 22.1 Å². The monoisotopic (exact) mass is 423 g/mol. The van der Waals surface area contributed by atoms with Gasteiger partial charge in [-0.15, -0.1) is 0 Å². The number of hydrogen-bond acceptors (Lipinski definition) is 6. The van der Waals surface area contributed by atoms with Crippen molar-refractivity contribution in [2.75, 3.05) is 38.0 Å². The van der Waals surface area contributed by atoms with Crippen LogP contribution >= 0.6 is 0 Å². The molecule has 2 amide bonds. The molecule has 0 radical (unpaired) electrons. The molecule has 4 atom stereocenters. The van der Waals surface area contributed by atoms with Crippen molar-refractivity contribution in [3.05, 3.63) is 52.6 Å². The van der Waals surface area contributed by atoms with Crippen molar-refractivity contribution in [1.29, 1.82) is 0 Å². The van der Waals surface area contributed by atoms with Gasteiger partial charge >= 0.3 is 11.7 Å². The average Bonchev–Trinajstić information content (AvgIpc) is 3.16. The Morgan fingerprint density at radius 1 is 1.23 bits per heavy atom. The van der Waals surface area contributed by atoms with Crippen molar-refractivity contribution in [3.8, 4) is 5.69 Å². The number of carbonyl (C=O) groups is 1. The number of fused-ring (bicyclic) bond motifs is 1. The van der Waals surface area contributed by atoms with E-state index in [9.17, 15) is 9.59 Å². The van der Waals surface area contributed by atoms with E-state index < -0.39 is 5.69 Å². The lowest BCUT2D eigenvalue weighted by Crippen LogP contribution is -2.53. The Hall–Kier alpha value is -2.75. The van der Waals surface area contributed by atoms with Gasteiger partial charge in [0, 0.05) is 57.5 Å². The zero-order valence-electron chi connectivity index (χ0n) is 17.7. The van der Waals surface area contributed by atoms with Gasteiger partial charge in [-0.2, -0.15) is 4.98 Å². The zero-order chi connectivity index (χ0) is 21.5. The lowest BCUT2D eigenvalue weighted by atomic mass is 10.2. The number of aromatic nitrogens is 2. The fraction of sp³-hybridized carbons (Fsp3) is 0.500. The lowest BCUT2D eigenvalue weighted by molar-refractivity contribution is 0.177. The maximum atomic E-state index is 12.6. The van der Waals surface area contributed by atoms with Crippen molar-refractivity contribution >= 4 is 11.8 Å². The molecule has 1 aromatic carbocycles. The predicted molar refractivity (Wildman–Crippen MR) is 118 cm³/mol. The number of hydrogen-bond donors (Lipinski definition) is 3. The summed E-state index contributed by atoms with van der Waals surface area (Å²) in [5, 5.41) is 5.99. The zero-order valence-corrected chi connectivity index (χ0v) is 17.7. The second-order valence-corrected chi connectivity index (χ2v) is 8.91. The molecule has 3 aliphatic rings. The van der Waals surface area contributed by atoms with Crippen molar-refractivity contribution in [3.63, 3.8) is 0 Å². The van der Waals surface area contributed by atoms with E-state index in [-0.39, 0.29) is 17.9 Å². The molecule has 2 aromatic rings. The number of piperidine rings is 1. The number of amides is 2. The summed E-state index contributed by atoms with van der Waals surface area (Å²) in [7, 11) is 0. The molecule has 5 rings (SSSR count). The van der Waals surface area contributed by atoms with Gasteiger partial charge in [0.15, 0.2) is 0 Å². The van der Waals surface area contributed by atoms with Gasteiger partial charge in [-0.1, -0.05) is 12.1 Å². The van der Waals surface area contributed by atoms with Crippen molar-refractivity contribution in [1.82, 2.24) is 24.7 Å². The normalized spacial score (nSPS) is 27.7. The molecule has 3 heterocycles. The van der Waals surface area contributed by atoms with Gasteiger partial charge in [-0.3, -0.25) is 14.8 Å². The summed E-state index contributed by atoms with van der Waals surface area (Å²) >= 11 is 0. The number of nitrogens with zero attached hydrogens (tertiary/aromatic N) is 4. The minimum absolute atomic E-state index is 0.0933. The highest BCUT2D eigenvalue weighted by atomic mass is 16.2. The summed E-state index contributed by atoms with van der Waals surface area (Å²) in [5.41, 5.74) is 7.56. The van der Waals surface area contributed by atoms with Crippen LogP contribution in [0.4, 0.5) is 10.6 Å². The van der Waals surface area contributed by atoms with Crippen LogP contribution in [-0.4, -0.2) is 70.2 Å². The molecule has 164 valence electrons. The highest BCUT2D eigenvalue weighted by molar-refractivity contribution is 5.88. The number of benzene rings is 1. The van der Waals surface area contributed by atoms with Crippen molar-refractivity contribution in [2.24, 2.45) is 17.6 Å². The van der Waals surface area contributed by atoms with Crippen LogP contribution in [0.25, 0.3) is 5.69 Å². The first-order valence-corrected chi connectivity index (χ1v) is 10.9. The molecule has 0 spiro atoms. The number of nitrogens with one attached hydrogen (secondary N) is 2. The minimum atomic E-state index is -0.424. The second-order valence-electron chi connectivity index (χ2n) is 8.91. The van der Waals surface area contributed by atoms with Gasteiger partial charge in [0.2, 0.25) is 0 Å². The third-order valence-corrected chi connectivity index (χ3v) is 6.76. The van der Waals surface area contributed by atoms with Gasteiger partial charge < -0.3 is 16.0 Å². The number of nitrogens with two attached hydrogens (primary N) is 1. The van der Waals surface area contributed by atoms with Gasteiger partial charge in [0.05, 0.1) is 5.69 Å². The van der Waals surface area contributed by atoms with E-state index in [1.54, 1.807) is 17.2 Å². The third kappa shape index (κ3) is 4.08. The van der Waals surface area contributed by atoms with E-state index in [0.717, 1.165) is 38.4 Å². The fourth-order valence-electron chi connectivity index (χ4n) is 4.80. The first-order valence-electron chi connectivity index (χ1n) is 10.9. The number of piperazine rings is 1. The van der Waals surface area contributed by atoms with Crippen LogP contribution in [0, 0.1) is 11.8 Å². The molecule has 3 fully saturated rings. The molecule has 1 unspecified atom stereocenters. The maximum absolute atomic E-state index is 12.6. The van der Waals surface area contributed by atoms with Gasteiger partial charge in [0.1, 0.15) is 5.82 Å². The van der Waals surface area contributed by atoms with E-state index in [0.29, 0.717) is 24.4 Å². The molecule has 4 N–H and O–H groups in total. The Bertz CT molecular complexity index is 1010. The van der Waals surface area contributed by atoms with Crippen LogP contribution in [0.5, 0.6) is 0 Å². The number of urea groups is 1. The van der Waals surface area contributed by atoms with Gasteiger partial charge in [0.25, 0.3) is 0 Å². The fourth-order valence-corrected chi connectivity index (χ4v) is 4.80. The second kappa shape index (κ2) is 8.07. The first-order chi connectivity index (χ1) is 15.0. The Kier molecular flexibility index (Phi) is 5.25. The van der Waals surface area contributed by atoms with Crippen LogP contribution in [-0.2, 0) is 6.54 Å². The molecule has 1 aliphatic carbocycles. The van der Waals surface area contributed by atoms with Crippen LogP contribution in [0.2, 0.25) is 0 Å². The molecule has 1 aromatic heterocycles. The summed E-state index contributed by atoms with van der Waals surface area (Å²) in [5.74, 6) is 1.62. The molecule has 0 bridgehead atoms. The largest absolute Gasteiger partial charge is 0.354 e. The molecular formula is C22H29N7O2. The molecule has 31 heavy (non-hydrogen) atoms. The van der Waals surface area contributed by atoms with Crippen LogP contribution in [0.1, 0.15) is 12.5 Å². The van der Waals surface area contributed by atoms with E-state index in [1.807, 2.05) is 31.2 Å². The van der Waals surface area contributed by atoms with E-state index >= 15 is 0 Å². The number of likely N-dealkylation sites (tertiary alicyclic amines) is 1. The third-order valence-electron chi connectivity index (χ3n) is 6.76. The topological polar surface area (TPSA) is 109 Å². The summed E-state index contributed by atoms with van der Waals surface area (Å²) in [6.07, 6.45) is 1.65. The highest BCUT2D eigenvalue weighted by Gasteiger charge is 2.53. The number of carbonyl (C=O) groups excluding carboxylic acids is 1. The SMILES string of the molecule is C[C@H]1CNCCN1C(=O)Nc1ccn(-c2ccc(CN3C[C@@H]4C(N)[C@@H]4C3)cc2)c(=O)n1. The van der Waals surface area contributed by atoms with E-state index in [4.69, 9.17) is 5.73 Å². The summed E-state index contributed by atoms with van der Waals surface area (Å²) < 4.78 is 1.48. The van der Waals surface area contributed by atoms with Crippen LogP contribution in [0.3, 0.4) is 0 Å². The van der Waals surface area contributed by atoms with E-state index in [2.05, 4.69) is 20.5 Å². The summed E-state index contributed by atoms with van der Waals surface area (Å²) in [4.78, 5) is 33.3. The van der Waals surface area contributed by atoms with Crippen molar-refractivity contribution in [2.45, 2.75) is 25.6 Å². The highest BCUT2D eigenvalue weighted by Crippen LogP contribution is 2.44. The average molecular weight is 424 g/mol. The lowest BCUT2D eigenvalue weighted by Gasteiger charge is -2.33. The molecular weight excluding hydrogens is 394 g/mol. The molecule has 2 saturated heterocycles. The standard InChI is InChI=1S/C22H29N7O2/c1-14-10-24-7-9-28(14)21(30)25-19-6-8-29(22(31)26-19)16-4-2-15(3-5-16)11-27-12-17-18(13-27)20(17)23/h2-6,8,14,17-18,20,24H,7,9-13,23H2,1H3,(H,25,26,30,31)/t14-,17-,18+,20?/m0/s1. The van der Waals surface area contributed by atoms with Crippen molar-refractivity contribution < 1.29 is 4.79 Å². The molecule has 2 aliphatic heterocycles. The number of rotatable bonds is 4. The molecule has 9 heteroatoms. The smallest absolute Gasteiger partial charge is 0.327 e. The Morgan fingerprint density at radius 3 is 2.65 bits per heavy atom. The Balaban J connectivity index is 1.22. The maximum Gasteiger partial charge on any atom is 0.354 e. The first kappa shape index (κ1) is 20.2. The van der Waals surface area contributed by atoms with Gasteiger partial charge in [-0.05, 0) is 42.5 Å². The Labute approximate surface area is 181 Å².